The average molecular weight is 1740 g/mol. The summed E-state index contributed by atoms with van der Waals surface area (Å²) >= 11 is 0. The third kappa shape index (κ3) is 34.0. The quantitative estimate of drug-likeness (QED) is 0.0278. The Labute approximate surface area is 711 Å². The first-order valence-electron chi connectivity index (χ1n) is 44.6. The molecule has 6 aliphatic heterocycles. The molecule has 0 bridgehead atoms. The fourth-order valence-corrected chi connectivity index (χ4v) is 16.3. The zero-order valence-corrected chi connectivity index (χ0v) is 71.5. The minimum absolute atomic E-state index is 0.164. The maximum Gasteiger partial charge on any atom is 0.220 e. The molecule has 6 heterocycles. The van der Waals surface area contributed by atoms with Gasteiger partial charge in [0.2, 0.25) is 23.6 Å². The van der Waals surface area contributed by atoms with Gasteiger partial charge in [-0.1, -0.05) is 192 Å². The van der Waals surface area contributed by atoms with Crippen molar-refractivity contribution in [2.24, 2.45) is 0 Å². The van der Waals surface area contributed by atoms with Gasteiger partial charge in [0, 0.05) is 27.2 Å². The second-order valence-electron chi connectivity index (χ2n) is 33.1. The van der Waals surface area contributed by atoms with E-state index in [-0.39, 0.29) is 12.3 Å². The molecule has 6 fully saturated rings. The molecule has 0 aliphatic carbocycles. The lowest BCUT2D eigenvalue weighted by atomic mass is 9.93. The van der Waals surface area contributed by atoms with Crippen LogP contribution in [0.25, 0.3) is 0 Å². The average Bonchev–Trinajstić information content (AvgIpc) is 0.760. The monoisotopic (exact) mass is 1740 g/mol. The van der Waals surface area contributed by atoms with Gasteiger partial charge in [-0.05, 0) is 44.9 Å². The summed E-state index contributed by atoms with van der Waals surface area (Å²) in [5.41, 5.74) is 0. The van der Waals surface area contributed by atoms with Crippen molar-refractivity contribution in [1.29, 1.82) is 0 Å². The lowest BCUT2D eigenvalue weighted by molar-refractivity contribution is -0.398. The van der Waals surface area contributed by atoms with Crippen molar-refractivity contribution in [3.8, 4) is 0 Å². The Balaban J connectivity index is 1.13. The van der Waals surface area contributed by atoms with Crippen LogP contribution in [0.5, 0.6) is 0 Å². The van der Waals surface area contributed by atoms with Gasteiger partial charge in [0.25, 0.3) is 0 Å². The molecule has 37 heteroatoms. The largest absolute Gasteiger partial charge is 0.394 e. The third-order valence-electron chi connectivity index (χ3n) is 23.3. The molecule has 0 spiro atoms. The molecule has 6 aliphatic rings. The van der Waals surface area contributed by atoms with Gasteiger partial charge >= 0.3 is 0 Å². The van der Waals surface area contributed by atoms with Crippen molar-refractivity contribution in [1.82, 2.24) is 21.3 Å². The number of aliphatic hydroxyl groups is 17. The molecule has 704 valence electrons. The molecule has 121 heavy (non-hydrogen) atoms. The van der Waals surface area contributed by atoms with Gasteiger partial charge in [0.05, 0.1) is 58.4 Å². The van der Waals surface area contributed by atoms with Crippen molar-refractivity contribution in [3.05, 3.63) is 24.3 Å². The maximum atomic E-state index is 13.6. The van der Waals surface area contributed by atoms with E-state index in [0.29, 0.717) is 12.8 Å². The number of nitrogens with one attached hydrogen (secondary N) is 4. The minimum atomic E-state index is -2.40. The number of rotatable bonds is 58. The molecule has 0 radical (unpaired) electrons. The standard InChI is InChI=1S/C84H150N4O33/c1-6-8-10-12-14-16-18-20-21-22-23-24-25-26-27-29-31-33-35-37-39-41-60(99)88-52(53(98)40-38-36-34-32-30-28-19-17-15-13-11-9-7-2)48-110-82-71(107)69(105)74(57(45-92)114-82)117-83-72(108)70(106)75(58(46-93)115-83)118-84-73(109)78(76(59(47-94)116-84)119-79-61(85-49(3)95)67(103)64(100)54(42-89)111-79)121-81-63(87-51(5)97)77(66(102)56(44-91)113-81)120-80-62(86-50(4)96)68(104)65(101)55(43-90)112-80/h20-21,38,40,52-59,61-84,89-94,98,100-109H,6-19,22-37,39,41-48H2,1-5H3,(H,85,95)(H,86,96)(H,87,97)(H,88,99)/b21-20-,40-38+/t52-,53+,54?,55?,56?,57?,58?,59?,61?,62?,63?,64-,65-,66-,67+,68+,69+,70+,71?,72?,73?,74+,75-,76-,77+,78+,79-,80+,81-,82+,83-,84-/m0/s1. The van der Waals surface area contributed by atoms with E-state index >= 15 is 0 Å². The van der Waals surface area contributed by atoms with Gasteiger partial charge in [-0.15, -0.1) is 0 Å². The van der Waals surface area contributed by atoms with E-state index < -0.39 is 260 Å². The molecule has 6 saturated heterocycles. The second-order valence-corrected chi connectivity index (χ2v) is 33.1. The summed E-state index contributed by atoms with van der Waals surface area (Å²) in [5, 5.41) is 202. The molecule has 21 N–H and O–H groups in total. The highest BCUT2D eigenvalue weighted by Gasteiger charge is 2.59. The lowest BCUT2D eigenvalue weighted by Gasteiger charge is -2.52. The molecule has 0 aromatic carbocycles. The summed E-state index contributed by atoms with van der Waals surface area (Å²) in [5.74, 6) is -2.86. The van der Waals surface area contributed by atoms with Crippen molar-refractivity contribution < 1.29 is 163 Å². The first-order valence-corrected chi connectivity index (χ1v) is 44.6. The lowest BCUT2D eigenvalue weighted by Crippen LogP contribution is -2.72. The molecule has 37 nitrogen and oxygen atoms in total. The van der Waals surface area contributed by atoms with Crippen LogP contribution in [-0.4, -0.2) is 353 Å². The molecule has 0 aromatic rings. The summed E-state index contributed by atoms with van der Waals surface area (Å²) in [7, 11) is 0. The first kappa shape index (κ1) is 106. The van der Waals surface area contributed by atoms with Crippen molar-refractivity contribution in [3.63, 3.8) is 0 Å². The van der Waals surface area contributed by atoms with Crippen molar-refractivity contribution in [2.75, 3.05) is 46.2 Å². The van der Waals surface area contributed by atoms with E-state index in [1.807, 2.05) is 6.08 Å². The SMILES string of the molecule is CCCCCCCC/C=C\CCCCCCCCCCCCCC(=O)N[C@@H](CO[C@@H]1OC(CO)[C@@H](O[C@@H]2OC(CO)[C@H](O[C@@H]3OC(CO)[C@H](O[C@@H]4OC(CO)[C@H](O)[C@H](O)C4NC(C)=O)[C@H](O[C@@H]4OC(CO)[C@H](O)[C@H](O[C@H]5OC(CO)[C@H](O)[C@H](O)C5NC(C)=O)C4NC(C)=O)C3O)[C@H](O)C2O)[C@H](O)C1O)[C@H](O)/C=C/CCCCCCCCCCCCC. The second kappa shape index (κ2) is 57.9. The Kier molecular flexibility index (Phi) is 50.7. The first-order chi connectivity index (χ1) is 58.2. The van der Waals surface area contributed by atoms with Gasteiger partial charge < -0.3 is 165 Å². The maximum absolute atomic E-state index is 13.6. The highest BCUT2D eigenvalue weighted by atomic mass is 16.8. The summed E-state index contributed by atoms with van der Waals surface area (Å²) in [4.78, 5) is 52.0. The number of allylic oxidation sites excluding steroid dienone is 3. The molecule has 0 saturated carbocycles. The Morgan fingerprint density at radius 2 is 0.636 bits per heavy atom. The predicted molar refractivity (Wildman–Crippen MR) is 433 cm³/mol. The van der Waals surface area contributed by atoms with Crippen molar-refractivity contribution >= 4 is 23.6 Å². The molecular formula is C84H150N4O33. The van der Waals surface area contributed by atoms with Crippen LogP contribution < -0.4 is 21.3 Å². The highest BCUT2D eigenvalue weighted by Crippen LogP contribution is 2.39. The Morgan fingerprint density at radius 1 is 0.322 bits per heavy atom. The summed E-state index contributed by atoms with van der Waals surface area (Å²) in [6.45, 7) is 0.873. The van der Waals surface area contributed by atoms with Gasteiger partial charge in [-0.25, -0.2) is 0 Å². The smallest absolute Gasteiger partial charge is 0.220 e. The van der Waals surface area contributed by atoms with Gasteiger partial charge in [-0.3, -0.25) is 19.2 Å². The van der Waals surface area contributed by atoms with Crippen molar-refractivity contribution in [2.45, 2.75) is 436 Å². The summed E-state index contributed by atoms with van der Waals surface area (Å²) in [6.07, 6.45) is -10.5. The normalized spacial score (nSPS) is 35.3. The highest BCUT2D eigenvalue weighted by molar-refractivity contribution is 5.76. The van der Waals surface area contributed by atoms with E-state index in [9.17, 15) is 106 Å². The van der Waals surface area contributed by atoms with Gasteiger partial charge in [0.1, 0.15) is 146 Å². The van der Waals surface area contributed by atoms with E-state index in [2.05, 4.69) is 47.3 Å². The Bertz CT molecular complexity index is 2880. The van der Waals surface area contributed by atoms with Crippen LogP contribution in [-0.2, 0) is 76.0 Å². The van der Waals surface area contributed by atoms with Gasteiger partial charge in [0.15, 0.2) is 37.7 Å². The van der Waals surface area contributed by atoms with Crippen LogP contribution in [0, 0.1) is 0 Å². The molecule has 12 unspecified atom stereocenters. The van der Waals surface area contributed by atoms with Crippen LogP contribution in [0.2, 0.25) is 0 Å². The number of carbonyl (C=O) groups is 4. The summed E-state index contributed by atoms with van der Waals surface area (Å²) in [6, 6.07) is -6.35. The number of hydrogen-bond donors (Lipinski definition) is 21. The van der Waals surface area contributed by atoms with E-state index in [1.54, 1.807) is 6.08 Å². The zero-order chi connectivity index (χ0) is 88.5. The van der Waals surface area contributed by atoms with Gasteiger partial charge in [-0.2, -0.15) is 0 Å². The zero-order valence-electron chi connectivity index (χ0n) is 71.5. The third-order valence-corrected chi connectivity index (χ3v) is 23.3. The topological polar surface area (TPSA) is 571 Å². The minimum Gasteiger partial charge on any atom is -0.394 e. The van der Waals surface area contributed by atoms with Crippen LogP contribution >= 0.6 is 0 Å². The fourth-order valence-electron chi connectivity index (χ4n) is 16.3. The van der Waals surface area contributed by atoms with Crippen LogP contribution in [0.3, 0.4) is 0 Å². The predicted octanol–water partition coefficient (Wildman–Crippen LogP) is -0.164. The van der Waals surface area contributed by atoms with E-state index in [4.69, 9.17) is 56.8 Å². The number of carbonyl (C=O) groups excluding carboxylic acids is 4. The fraction of sp³-hybridized carbons (Fsp3) is 0.905. The molecule has 6 rings (SSSR count). The number of amides is 4. The van der Waals surface area contributed by atoms with E-state index in [1.165, 1.54) is 128 Å². The summed E-state index contributed by atoms with van der Waals surface area (Å²) < 4.78 is 72.8. The van der Waals surface area contributed by atoms with Crippen LogP contribution in [0.4, 0.5) is 0 Å². The Hall–Kier alpha value is -3.80. The van der Waals surface area contributed by atoms with Crippen LogP contribution in [0.1, 0.15) is 240 Å². The number of ether oxygens (including phenoxy) is 12. The molecule has 4 amide bonds. The van der Waals surface area contributed by atoms with E-state index in [0.717, 1.165) is 78.6 Å². The molecule has 32 atom stereocenters. The molecule has 0 aromatic heterocycles. The number of unbranched alkanes of at least 4 members (excludes halogenated alkanes) is 28. The van der Waals surface area contributed by atoms with Crippen LogP contribution in [0.15, 0.2) is 24.3 Å². The molecular weight excluding hydrogens is 1590 g/mol. The number of aliphatic hydroxyl groups excluding tert-OH is 17. The number of hydrogen-bond acceptors (Lipinski definition) is 33. The Morgan fingerprint density at radius 3 is 1.05 bits per heavy atom.